The highest BCUT2D eigenvalue weighted by atomic mass is 32.2. The lowest BCUT2D eigenvalue weighted by molar-refractivity contribution is -0.122. The number of nitrogens with two attached hydrogens (primary N) is 1. The zero-order valence-corrected chi connectivity index (χ0v) is 8.29. The fourth-order valence-corrected chi connectivity index (χ4v) is 1.92. The molecule has 0 radical (unpaired) electrons. The number of hydrogen-bond donors (Lipinski definition) is 2. The summed E-state index contributed by atoms with van der Waals surface area (Å²) in [5, 5.41) is -0.0764. The summed E-state index contributed by atoms with van der Waals surface area (Å²) in [6.45, 7) is 6.05. The molecule has 0 rings (SSSR count). The van der Waals surface area contributed by atoms with Crippen molar-refractivity contribution in [3.8, 4) is 0 Å². The zero-order chi connectivity index (χ0) is 9.07. The van der Waals surface area contributed by atoms with Crippen LogP contribution in [0, 0.1) is 5.41 Å². The largest absolute Gasteiger partial charge is 0.293 e. The van der Waals surface area contributed by atoms with Gasteiger partial charge in [-0.1, -0.05) is 20.8 Å². The van der Waals surface area contributed by atoms with Gasteiger partial charge in [0.15, 0.2) is 0 Å². The summed E-state index contributed by atoms with van der Waals surface area (Å²) in [5.41, 5.74) is 2.12. The number of rotatable bonds is 2. The average molecular weight is 176 g/mol. The van der Waals surface area contributed by atoms with Gasteiger partial charge in [-0.3, -0.25) is 10.2 Å². The van der Waals surface area contributed by atoms with Crippen molar-refractivity contribution in [1.29, 1.82) is 0 Å². The molecule has 0 spiro atoms. The highest BCUT2D eigenvalue weighted by molar-refractivity contribution is 8.00. The molecule has 0 aliphatic carbocycles. The van der Waals surface area contributed by atoms with Crippen molar-refractivity contribution < 1.29 is 4.79 Å². The van der Waals surface area contributed by atoms with Crippen molar-refractivity contribution in [3.05, 3.63) is 0 Å². The third-order valence-electron chi connectivity index (χ3n) is 1.40. The maximum absolute atomic E-state index is 11.1. The molecular weight excluding hydrogens is 160 g/mol. The first-order valence-electron chi connectivity index (χ1n) is 3.46. The number of amides is 1. The SMILES string of the molecule is CSC(C(=O)NN)C(C)(C)C. The molecule has 0 fully saturated rings. The number of nitrogens with one attached hydrogen (secondary N) is 1. The molecule has 0 bridgehead atoms. The average Bonchev–Trinajstić information content (AvgIpc) is 1.86. The van der Waals surface area contributed by atoms with E-state index in [4.69, 9.17) is 5.84 Å². The van der Waals surface area contributed by atoms with Crippen LogP contribution in [0.5, 0.6) is 0 Å². The van der Waals surface area contributed by atoms with E-state index in [1.165, 1.54) is 11.8 Å². The van der Waals surface area contributed by atoms with Gasteiger partial charge in [-0.15, -0.1) is 0 Å². The summed E-state index contributed by atoms with van der Waals surface area (Å²) in [6.07, 6.45) is 1.91. The topological polar surface area (TPSA) is 55.1 Å². The fraction of sp³-hybridized carbons (Fsp3) is 0.857. The van der Waals surface area contributed by atoms with Crippen LogP contribution in [0.4, 0.5) is 0 Å². The Kier molecular flexibility index (Phi) is 3.89. The summed E-state index contributed by atoms with van der Waals surface area (Å²) in [4.78, 5) is 11.1. The molecule has 0 aromatic rings. The summed E-state index contributed by atoms with van der Waals surface area (Å²) in [7, 11) is 0. The number of carbonyl (C=O) groups excluding carboxylic acids is 1. The van der Waals surface area contributed by atoms with Crippen molar-refractivity contribution in [1.82, 2.24) is 5.43 Å². The van der Waals surface area contributed by atoms with Crippen LogP contribution in [0.1, 0.15) is 20.8 Å². The minimum absolute atomic E-state index is 0.0388. The van der Waals surface area contributed by atoms with Crippen LogP contribution in [0.25, 0.3) is 0 Å². The molecule has 0 aliphatic rings. The Morgan fingerprint density at radius 3 is 2.09 bits per heavy atom. The Hall–Kier alpha value is -0.220. The number of thioether (sulfide) groups is 1. The fourth-order valence-electron chi connectivity index (χ4n) is 0.930. The Labute approximate surface area is 72.1 Å². The second-order valence-electron chi connectivity index (χ2n) is 3.49. The van der Waals surface area contributed by atoms with Crippen LogP contribution in [0.2, 0.25) is 0 Å². The Morgan fingerprint density at radius 2 is 2.00 bits per heavy atom. The molecule has 0 aromatic heterocycles. The van der Waals surface area contributed by atoms with Crippen LogP contribution < -0.4 is 11.3 Å². The zero-order valence-electron chi connectivity index (χ0n) is 7.47. The van der Waals surface area contributed by atoms with Crippen LogP contribution in [0.3, 0.4) is 0 Å². The Morgan fingerprint density at radius 1 is 1.55 bits per heavy atom. The lowest BCUT2D eigenvalue weighted by atomic mass is 9.91. The monoisotopic (exact) mass is 176 g/mol. The predicted octanol–water partition coefficient (Wildman–Crippen LogP) is 0.754. The number of carbonyl (C=O) groups is 1. The lowest BCUT2D eigenvalue weighted by Gasteiger charge is -2.26. The number of hydrogen-bond acceptors (Lipinski definition) is 3. The van der Waals surface area contributed by atoms with Gasteiger partial charge in [-0.25, -0.2) is 5.84 Å². The maximum atomic E-state index is 11.1. The van der Waals surface area contributed by atoms with E-state index in [-0.39, 0.29) is 16.6 Å². The van der Waals surface area contributed by atoms with Gasteiger partial charge in [0.05, 0.1) is 5.25 Å². The van der Waals surface area contributed by atoms with Gasteiger partial charge in [0, 0.05) is 0 Å². The Bertz CT molecular complexity index is 142. The highest BCUT2D eigenvalue weighted by Crippen LogP contribution is 2.28. The molecule has 0 saturated carbocycles. The van der Waals surface area contributed by atoms with Gasteiger partial charge >= 0.3 is 0 Å². The van der Waals surface area contributed by atoms with Gasteiger partial charge in [0.1, 0.15) is 0 Å². The number of hydrazine groups is 1. The standard InChI is InChI=1S/C7H16N2OS/c1-7(2,3)5(11-4)6(10)9-8/h5H,8H2,1-4H3,(H,9,10). The Balaban J connectivity index is 4.29. The minimum atomic E-state index is -0.106. The summed E-state index contributed by atoms with van der Waals surface area (Å²) >= 11 is 1.52. The molecule has 1 unspecified atom stereocenters. The van der Waals surface area contributed by atoms with Crippen molar-refractivity contribution in [2.24, 2.45) is 11.3 Å². The van der Waals surface area contributed by atoms with Crippen LogP contribution >= 0.6 is 11.8 Å². The van der Waals surface area contributed by atoms with Crippen LogP contribution in [-0.2, 0) is 4.79 Å². The minimum Gasteiger partial charge on any atom is -0.293 e. The van der Waals surface area contributed by atoms with E-state index in [2.05, 4.69) is 5.43 Å². The molecule has 4 heteroatoms. The predicted molar refractivity (Wildman–Crippen MR) is 49.1 cm³/mol. The van der Waals surface area contributed by atoms with E-state index in [1.54, 1.807) is 0 Å². The van der Waals surface area contributed by atoms with Gasteiger partial charge in [0.25, 0.3) is 0 Å². The summed E-state index contributed by atoms with van der Waals surface area (Å²) < 4.78 is 0. The van der Waals surface area contributed by atoms with Crippen LogP contribution in [-0.4, -0.2) is 17.4 Å². The van der Waals surface area contributed by atoms with Gasteiger partial charge in [-0.05, 0) is 11.7 Å². The molecular formula is C7H16N2OS. The third-order valence-corrected chi connectivity index (χ3v) is 2.80. The maximum Gasteiger partial charge on any atom is 0.247 e. The van der Waals surface area contributed by atoms with Crippen molar-refractivity contribution in [2.75, 3.05) is 6.26 Å². The molecule has 1 atom stereocenters. The van der Waals surface area contributed by atoms with Crippen molar-refractivity contribution in [3.63, 3.8) is 0 Å². The van der Waals surface area contributed by atoms with E-state index in [0.717, 1.165) is 0 Å². The van der Waals surface area contributed by atoms with E-state index < -0.39 is 0 Å². The molecule has 0 aromatic carbocycles. The van der Waals surface area contributed by atoms with Crippen LogP contribution in [0.15, 0.2) is 0 Å². The molecule has 66 valence electrons. The smallest absolute Gasteiger partial charge is 0.247 e. The second-order valence-corrected chi connectivity index (χ2v) is 4.43. The molecule has 3 N–H and O–H groups in total. The molecule has 0 heterocycles. The van der Waals surface area contributed by atoms with Crippen molar-refractivity contribution >= 4 is 17.7 Å². The van der Waals surface area contributed by atoms with Crippen molar-refractivity contribution in [2.45, 2.75) is 26.0 Å². The van der Waals surface area contributed by atoms with Gasteiger partial charge in [0.2, 0.25) is 5.91 Å². The van der Waals surface area contributed by atoms with E-state index >= 15 is 0 Å². The quantitative estimate of drug-likeness (QED) is 0.371. The van der Waals surface area contributed by atoms with E-state index in [9.17, 15) is 4.79 Å². The van der Waals surface area contributed by atoms with E-state index in [0.29, 0.717) is 0 Å². The van der Waals surface area contributed by atoms with Gasteiger partial charge < -0.3 is 0 Å². The molecule has 3 nitrogen and oxygen atoms in total. The summed E-state index contributed by atoms with van der Waals surface area (Å²) in [5.74, 6) is 4.93. The first-order valence-corrected chi connectivity index (χ1v) is 4.75. The molecule has 0 saturated heterocycles. The first-order chi connectivity index (χ1) is 4.93. The normalized spacial score (nSPS) is 14.3. The first kappa shape index (κ1) is 10.8. The lowest BCUT2D eigenvalue weighted by Crippen LogP contribution is -2.43. The molecule has 11 heavy (non-hydrogen) atoms. The molecule has 0 aliphatic heterocycles. The highest BCUT2D eigenvalue weighted by Gasteiger charge is 2.29. The van der Waals surface area contributed by atoms with Gasteiger partial charge in [-0.2, -0.15) is 11.8 Å². The second kappa shape index (κ2) is 3.97. The van der Waals surface area contributed by atoms with E-state index in [1.807, 2.05) is 27.0 Å². The third kappa shape index (κ3) is 3.12. The molecule has 1 amide bonds. The summed E-state index contributed by atoms with van der Waals surface area (Å²) in [6, 6.07) is 0.